The van der Waals surface area contributed by atoms with E-state index in [1.54, 1.807) is 4.90 Å². The van der Waals surface area contributed by atoms with E-state index in [4.69, 9.17) is 5.26 Å². The van der Waals surface area contributed by atoms with Crippen molar-refractivity contribution in [2.24, 2.45) is 0 Å². The van der Waals surface area contributed by atoms with E-state index < -0.39 is 0 Å². The first-order valence-corrected chi connectivity index (χ1v) is 5.12. The molecule has 2 fully saturated rings. The number of likely N-dealkylation sites (tertiary alicyclic amines) is 1. The fourth-order valence-corrected chi connectivity index (χ4v) is 2.09. The van der Waals surface area contributed by atoms with E-state index in [0.29, 0.717) is 13.1 Å². The number of nitrogens with zero attached hydrogens (tertiary/aromatic N) is 3. The minimum atomic E-state index is -0.319. The van der Waals surface area contributed by atoms with Gasteiger partial charge >= 0.3 is 0 Å². The van der Waals surface area contributed by atoms with Gasteiger partial charge in [-0.3, -0.25) is 9.59 Å². The summed E-state index contributed by atoms with van der Waals surface area (Å²) in [6.07, 6.45) is 1.61. The number of carbonyl (C=O) groups excluding carboxylic acids is 2. The molecule has 2 unspecified atom stereocenters. The molecule has 80 valence electrons. The first kappa shape index (κ1) is 9.97. The summed E-state index contributed by atoms with van der Waals surface area (Å²) in [5, 5.41) is 8.62. The van der Waals surface area contributed by atoms with E-state index in [1.165, 1.54) is 11.8 Å². The molecule has 2 amide bonds. The van der Waals surface area contributed by atoms with Crippen molar-refractivity contribution in [2.45, 2.75) is 31.8 Å². The van der Waals surface area contributed by atoms with Crippen molar-refractivity contribution in [1.29, 1.82) is 5.26 Å². The van der Waals surface area contributed by atoms with Crippen LogP contribution in [-0.2, 0) is 9.59 Å². The van der Waals surface area contributed by atoms with Crippen LogP contribution >= 0.6 is 0 Å². The Morgan fingerprint density at radius 3 is 2.67 bits per heavy atom. The van der Waals surface area contributed by atoms with Gasteiger partial charge in [0.25, 0.3) is 0 Å². The van der Waals surface area contributed by atoms with Gasteiger partial charge in [-0.05, 0) is 12.8 Å². The maximum absolute atomic E-state index is 11.9. The van der Waals surface area contributed by atoms with Gasteiger partial charge in [0, 0.05) is 13.5 Å². The monoisotopic (exact) mass is 207 g/mol. The minimum absolute atomic E-state index is 0.0544. The molecule has 0 aromatic heterocycles. The van der Waals surface area contributed by atoms with Crippen molar-refractivity contribution in [3.05, 3.63) is 0 Å². The van der Waals surface area contributed by atoms with Crippen LogP contribution < -0.4 is 0 Å². The molecule has 0 aromatic carbocycles. The van der Waals surface area contributed by atoms with Gasteiger partial charge in [0.2, 0.25) is 11.8 Å². The van der Waals surface area contributed by atoms with Gasteiger partial charge in [0.05, 0.1) is 12.6 Å². The Hall–Kier alpha value is -1.57. The van der Waals surface area contributed by atoms with E-state index >= 15 is 0 Å². The van der Waals surface area contributed by atoms with E-state index in [1.807, 2.05) is 6.07 Å². The molecule has 0 spiro atoms. The zero-order valence-electron chi connectivity index (χ0n) is 8.64. The molecule has 2 saturated heterocycles. The van der Waals surface area contributed by atoms with Crippen molar-refractivity contribution in [3.8, 4) is 6.07 Å². The lowest BCUT2D eigenvalue weighted by atomic mass is 10.2. The summed E-state index contributed by atoms with van der Waals surface area (Å²) in [6.45, 7) is 2.67. The molecular formula is C10H13N3O2. The second kappa shape index (κ2) is 3.54. The largest absolute Gasteiger partial charge is 0.331 e. The molecule has 0 saturated carbocycles. The zero-order valence-corrected chi connectivity index (χ0v) is 8.64. The quantitative estimate of drug-likeness (QED) is 0.556. The lowest BCUT2D eigenvalue weighted by molar-refractivity contribution is -0.139. The number of amides is 2. The number of nitriles is 1. The molecule has 0 N–H and O–H groups in total. The summed E-state index contributed by atoms with van der Waals surface area (Å²) >= 11 is 0. The normalized spacial score (nSPS) is 28.8. The highest BCUT2D eigenvalue weighted by atomic mass is 16.2. The molecule has 5 nitrogen and oxygen atoms in total. The van der Waals surface area contributed by atoms with Gasteiger partial charge in [-0.25, -0.2) is 0 Å². The SMILES string of the molecule is CC(=O)N1CCCC1C(=O)N1CC1C#N. The van der Waals surface area contributed by atoms with E-state index in [9.17, 15) is 9.59 Å². The summed E-state index contributed by atoms with van der Waals surface area (Å²) in [6, 6.07) is 1.46. The van der Waals surface area contributed by atoms with E-state index in [2.05, 4.69) is 0 Å². The van der Waals surface area contributed by atoms with E-state index in [-0.39, 0.29) is 23.9 Å². The summed E-state index contributed by atoms with van der Waals surface area (Å²) in [7, 11) is 0. The predicted molar refractivity (Wildman–Crippen MR) is 51.5 cm³/mol. The fourth-order valence-electron chi connectivity index (χ4n) is 2.09. The van der Waals surface area contributed by atoms with Crippen molar-refractivity contribution in [1.82, 2.24) is 9.80 Å². The Morgan fingerprint density at radius 1 is 1.40 bits per heavy atom. The Morgan fingerprint density at radius 2 is 2.13 bits per heavy atom. The molecule has 15 heavy (non-hydrogen) atoms. The van der Waals surface area contributed by atoms with Crippen molar-refractivity contribution in [2.75, 3.05) is 13.1 Å². The van der Waals surface area contributed by atoms with Crippen LogP contribution in [0.15, 0.2) is 0 Å². The van der Waals surface area contributed by atoms with Crippen LogP contribution in [0.1, 0.15) is 19.8 Å². The number of hydrogen-bond acceptors (Lipinski definition) is 3. The molecule has 2 atom stereocenters. The summed E-state index contributed by atoms with van der Waals surface area (Å²) in [5.41, 5.74) is 0. The van der Waals surface area contributed by atoms with Gasteiger partial charge in [0.15, 0.2) is 0 Å². The topological polar surface area (TPSA) is 64.2 Å². The average Bonchev–Trinajstić information content (AvgIpc) is 2.83. The Bertz CT molecular complexity index is 347. The molecule has 2 aliphatic heterocycles. The van der Waals surface area contributed by atoms with Crippen LogP contribution in [0.3, 0.4) is 0 Å². The maximum atomic E-state index is 11.9. The van der Waals surface area contributed by atoms with Crippen LogP contribution in [0.2, 0.25) is 0 Å². The third kappa shape index (κ3) is 1.67. The second-order valence-electron chi connectivity index (χ2n) is 4.01. The van der Waals surface area contributed by atoms with Crippen LogP contribution in [-0.4, -0.2) is 46.8 Å². The molecule has 2 rings (SSSR count). The maximum Gasteiger partial charge on any atom is 0.246 e. The highest BCUT2D eigenvalue weighted by Gasteiger charge is 2.44. The van der Waals surface area contributed by atoms with Gasteiger partial charge in [-0.15, -0.1) is 0 Å². The lowest BCUT2D eigenvalue weighted by Crippen LogP contribution is -2.42. The Kier molecular flexibility index (Phi) is 2.35. The number of hydrogen-bond donors (Lipinski definition) is 0. The fraction of sp³-hybridized carbons (Fsp3) is 0.700. The molecule has 0 aliphatic carbocycles. The first-order chi connectivity index (χ1) is 7.15. The Balaban J connectivity index is 2.02. The zero-order chi connectivity index (χ0) is 11.0. The van der Waals surface area contributed by atoms with Crippen molar-refractivity contribution >= 4 is 11.8 Å². The van der Waals surface area contributed by atoms with Gasteiger partial charge < -0.3 is 9.80 Å². The molecule has 5 heteroatoms. The summed E-state index contributed by atoms with van der Waals surface area (Å²) in [4.78, 5) is 26.3. The van der Waals surface area contributed by atoms with Gasteiger partial charge in [-0.1, -0.05) is 0 Å². The highest BCUT2D eigenvalue weighted by Crippen LogP contribution is 2.25. The molecule has 0 bridgehead atoms. The average molecular weight is 207 g/mol. The number of rotatable bonds is 1. The molecule has 2 heterocycles. The van der Waals surface area contributed by atoms with Crippen molar-refractivity contribution < 1.29 is 9.59 Å². The number of carbonyl (C=O) groups is 2. The van der Waals surface area contributed by atoms with Crippen LogP contribution in [0.5, 0.6) is 0 Å². The standard InChI is InChI=1S/C10H13N3O2/c1-7(14)12-4-2-3-9(12)10(15)13-6-8(13)5-11/h8-9H,2-4,6H2,1H3. The molecule has 2 aliphatic rings. The van der Waals surface area contributed by atoms with Gasteiger partial charge in [-0.2, -0.15) is 5.26 Å². The minimum Gasteiger partial charge on any atom is -0.331 e. The van der Waals surface area contributed by atoms with Crippen molar-refractivity contribution in [3.63, 3.8) is 0 Å². The lowest BCUT2D eigenvalue weighted by Gasteiger charge is -2.22. The highest BCUT2D eigenvalue weighted by molar-refractivity contribution is 5.89. The molecular weight excluding hydrogens is 194 g/mol. The second-order valence-corrected chi connectivity index (χ2v) is 4.01. The predicted octanol–water partition coefficient (Wildman–Crippen LogP) is -0.268. The third-order valence-corrected chi connectivity index (χ3v) is 2.99. The smallest absolute Gasteiger partial charge is 0.246 e. The summed E-state index contributed by atoms with van der Waals surface area (Å²) < 4.78 is 0. The van der Waals surface area contributed by atoms with Gasteiger partial charge in [0.1, 0.15) is 12.1 Å². The van der Waals surface area contributed by atoms with Crippen LogP contribution in [0.4, 0.5) is 0 Å². The molecule has 0 aromatic rings. The third-order valence-electron chi connectivity index (χ3n) is 2.99. The first-order valence-electron chi connectivity index (χ1n) is 5.12. The Labute approximate surface area is 88.2 Å². The van der Waals surface area contributed by atoms with Crippen LogP contribution in [0, 0.1) is 11.3 Å². The summed E-state index contributed by atoms with van der Waals surface area (Å²) in [5.74, 6) is -0.115. The van der Waals surface area contributed by atoms with Crippen LogP contribution in [0.25, 0.3) is 0 Å². The molecule has 0 radical (unpaired) electrons. The van der Waals surface area contributed by atoms with E-state index in [0.717, 1.165) is 12.8 Å².